The number of sulfonamides is 1. The zero-order chi connectivity index (χ0) is 17.0. The van der Waals surface area contributed by atoms with Gasteiger partial charge in [-0.15, -0.1) is 0 Å². The maximum atomic E-state index is 12.5. The van der Waals surface area contributed by atoms with E-state index in [9.17, 15) is 8.42 Å². The molecule has 0 amide bonds. The van der Waals surface area contributed by atoms with Gasteiger partial charge in [0.25, 0.3) is 0 Å². The molecule has 0 bridgehead atoms. The monoisotopic (exact) mass is 380 g/mol. The van der Waals surface area contributed by atoms with Gasteiger partial charge in [0.1, 0.15) is 0 Å². The van der Waals surface area contributed by atoms with Gasteiger partial charge in [-0.05, 0) is 24.1 Å². The number of benzene rings is 1. The first-order chi connectivity index (χ1) is 10.8. The van der Waals surface area contributed by atoms with Crippen LogP contribution in [-0.4, -0.2) is 52.2 Å². The number of rotatable bonds is 6. The maximum Gasteiger partial charge on any atom is 0.240 e. The van der Waals surface area contributed by atoms with E-state index in [2.05, 4.69) is 23.5 Å². The van der Waals surface area contributed by atoms with Gasteiger partial charge in [-0.3, -0.25) is 4.90 Å². The average molecular weight is 381 g/mol. The van der Waals surface area contributed by atoms with Crippen molar-refractivity contribution in [3.05, 3.63) is 28.2 Å². The van der Waals surface area contributed by atoms with Gasteiger partial charge in [0, 0.05) is 35.7 Å². The third-order valence-corrected chi connectivity index (χ3v) is 5.75. The van der Waals surface area contributed by atoms with Gasteiger partial charge in [0.05, 0.1) is 18.1 Å². The summed E-state index contributed by atoms with van der Waals surface area (Å²) in [6.07, 6.45) is 0. The quantitative estimate of drug-likeness (QED) is 0.823. The number of ether oxygens (including phenoxy) is 1. The van der Waals surface area contributed by atoms with Gasteiger partial charge in [-0.1, -0.05) is 37.0 Å². The first-order valence-corrected chi connectivity index (χ1v) is 9.81. The SMILES string of the molecule is CC(C)[C@@H](CNS(=O)(=O)c1cc(Cl)cc(Cl)c1)N1CCOCC1. The molecule has 1 aliphatic rings. The fourth-order valence-electron chi connectivity index (χ4n) is 2.66. The second kappa shape index (κ2) is 8.14. The third-order valence-electron chi connectivity index (χ3n) is 3.91. The predicted molar refractivity (Wildman–Crippen MR) is 92.7 cm³/mol. The molecule has 2 rings (SSSR count). The van der Waals surface area contributed by atoms with Crippen LogP contribution in [-0.2, 0) is 14.8 Å². The van der Waals surface area contributed by atoms with E-state index in [0.29, 0.717) is 35.7 Å². The highest BCUT2D eigenvalue weighted by Crippen LogP contribution is 2.22. The molecule has 130 valence electrons. The van der Waals surface area contributed by atoms with Crippen LogP contribution in [0.5, 0.6) is 0 Å². The first-order valence-electron chi connectivity index (χ1n) is 7.57. The lowest BCUT2D eigenvalue weighted by atomic mass is 10.0. The molecule has 1 fully saturated rings. The Morgan fingerprint density at radius 1 is 1.17 bits per heavy atom. The smallest absolute Gasteiger partial charge is 0.240 e. The molecule has 0 radical (unpaired) electrons. The minimum absolute atomic E-state index is 0.0829. The summed E-state index contributed by atoms with van der Waals surface area (Å²) in [4.78, 5) is 2.35. The normalized spacial score (nSPS) is 18.3. The largest absolute Gasteiger partial charge is 0.379 e. The molecule has 0 unspecified atom stereocenters. The molecule has 0 aromatic heterocycles. The maximum absolute atomic E-state index is 12.5. The van der Waals surface area contributed by atoms with Crippen molar-refractivity contribution in [1.82, 2.24) is 9.62 Å². The number of nitrogens with zero attached hydrogens (tertiary/aromatic N) is 1. The van der Waals surface area contributed by atoms with Gasteiger partial charge in [0.2, 0.25) is 10.0 Å². The van der Waals surface area contributed by atoms with E-state index < -0.39 is 10.0 Å². The van der Waals surface area contributed by atoms with Crippen molar-refractivity contribution < 1.29 is 13.2 Å². The van der Waals surface area contributed by atoms with Crippen molar-refractivity contribution in [2.24, 2.45) is 5.92 Å². The van der Waals surface area contributed by atoms with Crippen molar-refractivity contribution in [2.45, 2.75) is 24.8 Å². The van der Waals surface area contributed by atoms with Gasteiger partial charge >= 0.3 is 0 Å². The highest BCUT2D eigenvalue weighted by atomic mass is 35.5. The fourth-order valence-corrected chi connectivity index (χ4v) is 4.43. The van der Waals surface area contributed by atoms with Gasteiger partial charge in [-0.25, -0.2) is 13.1 Å². The van der Waals surface area contributed by atoms with Gasteiger partial charge in [-0.2, -0.15) is 0 Å². The minimum Gasteiger partial charge on any atom is -0.379 e. The Morgan fingerprint density at radius 3 is 2.26 bits per heavy atom. The third kappa shape index (κ3) is 5.31. The zero-order valence-corrected chi connectivity index (χ0v) is 15.6. The molecule has 0 aliphatic carbocycles. The molecule has 1 N–H and O–H groups in total. The van der Waals surface area contributed by atoms with E-state index in [1.165, 1.54) is 18.2 Å². The minimum atomic E-state index is -3.65. The number of halogens is 2. The molecular weight excluding hydrogens is 359 g/mol. The molecular formula is C15H22Cl2N2O3S. The molecule has 5 nitrogen and oxygen atoms in total. The summed E-state index contributed by atoms with van der Waals surface area (Å²) < 4.78 is 33.0. The highest BCUT2D eigenvalue weighted by Gasteiger charge is 2.26. The van der Waals surface area contributed by atoms with Crippen molar-refractivity contribution >= 4 is 33.2 Å². The number of hydrogen-bond acceptors (Lipinski definition) is 4. The molecule has 0 spiro atoms. The summed E-state index contributed by atoms with van der Waals surface area (Å²) in [5.41, 5.74) is 0. The Kier molecular flexibility index (Phi) is 6.71. The predicted octanol–water partition coefficient (Wildman–Crippen LogP) is 2.63. The lowest BCUT2D eigenvalue weighted by Crippen LogP contribution is -2.51. The highest BCUT2D eigenvalue weighted by molar-refractivity contribution is 7.89. The summed E-state index contributed by atoms with van der Waals surface area (Å²) >= 11 is 11.8. The topological polar surface area (TPSA) is 58.6 Å². The standard InChI is InChI=1S/C15H22Cl2N2O3S/c1-11(2)15(19-3-5-22-6-4-19)10-18-23(20,21)14-8-12(16)7-13(17)9-14/h7-9,11,15,18H,3-6,10H2,1-2H3/t15-/m1/s1. The van der Waals surface area contributed by atoms with Crippen molar-refractivity contribution in [1.29, 1.82) is 0 Å². The van der Waals surface area contributed by atoms with Crippen LogP contribution in [0.25, 0.3) is 0 Å². The molecule has 1 saturated heterocycles. The number of morpholine rings is 1. The Bertz CT molecular complexity index is 611. The van der Waals surface area contributed by atoms with Crippen molar-refractivity contribution in [3.8, 4) is 0 Å². The molecule has 1 heterocycles. The van der Waals surface area contributed by atoms with E-state index in [-0.39, 0.29) is 10.9 Å². The summed E-state index contributed by atoms with van der Waals surface area (Å²) in [7, 11) is -3.65. The molecule has 8 heteroatoms. The van der Waals surface area contributed by atoms with Crippen LogP contribution < -0.4 is 4.72 Å². The van der Waals surface area contributed by atoms with Crippen LogP contribution in [0.4, 0.5) is 0 Å². The molecule has 0 saturated carbocycles. The van der Waals surface area contributed by atoms with Crippen LogP contribution in [0.1, 0.15) is 13.8 Å². The van der Waals surface area contributed by atoms with Crippen LogP contribution in [0.15, 0.2) is 23.1 Å². The molecule has 1 aliphatic heterocycles. The summed E-state index contributed by atoms with van der Waals surface area (Å²) in [6, 6.07) is 4.42. The molecule has 23 heavy (non-hydrogen) atoms. The second-order valence-electron chi connectivity index (χ2n) is 5.92. The van der Waals surface area contributed by atoms with E-state index in [0.717, 1.165) is 13.1 Å². The molecule has 1 atom stereocenters. The second-order valence-corrected chi connectivity index (χ2v) is 8.56. The fraction of sp³-hybridized carbons (Fsp3) is 0.600. The van der Waals surface area contributed by atoms with E-state index in [4.69, 9.17) is 27.9 Å². The lowest BCUT2D eigenvalue weighted by Gasteiger charge is -2.36. The summed E-state index contributed by atoms with van der Waals surface area (Å²) in [5.74, 6) is 0.318. The van der Waals surface area contributed by atoms with Gasteiger partial charge < -0.3 is 4.74 Å². The van der Waals surface area contributed by atoms with E-state index in [1.54, 1.807) is 0 Å². The first kappa shape index (κ1) is 19.0. The molecule has 1 aromatic carbocycles. The Balaban J connectivity index is 2.09. The number of hydrogen-bond donors (Lipinski definition) is 1. The van der Waals surface area contributed by atoms with Crippen molar-refractivity contribution in [3.63, 3.8) is 0 Å². The Labute approximate surface area is 148 Å². The number of nitrogens with one attached hydrogen (secondary N) is 1. The van der Waals surface area contributed by atoms with Crippen LogP contribution >= 0.6 is 23.2 Å². The van der Waals surface area contributed by atoms with E-state index in [1.807, 2.05) is 0 Å². The molecule has 1 aromatic rings. The van der Waals surface area contributed by atoms with Crippen LogP contribution in [0.2, 0.25) is 10.0 Å². The zero-order valence-electron chi connectivity index (χ0n) is 13.3. The van der Waals surface area contributed by atoms with Gasteiger partial charge in [0.15, 0.2) is 0 Å². The summed E-state index contributed by atoms with van der Waals surface area (Å²) in [6.45, 7) is 7.50. The Hall–Kier alpha value is -0.370. The Morgan fingerprint density at radius 2 is 1.74 bits per heavy atom. The lowest BCUT2D eigenvalue weighted by molar-refractivity contribution is 0.00776. The summed E-state index contributed by atoms with van der Waals surface area (Å²) in [5, 5.41) is 0.595. The average Bonchev–Trinajstić information content (AvgIpc) is 2.47. The van der Waals surface area contributed by atoms with Crippen LogP contribution in [0, 0.1) is 5.92 Å². The van der Waals surface area contributed by atoms with Crippen LogP contribution in [0.3, 0.4) is 0 Å². The van der Waals surface area contributed by atoms with E-state index >= 15 is 0 Å². The van der Waals surface area contributed by atoms with Crippen molar-refractivity contribution in [2.75, 3.05) is 32.8 Å².